The van der Waals surface area contributed by atoms with Crippen LogP contribution < -0.4 is 10.6 Å². The average Bonchev–Trinajstić information content (AvgIpc) is 2.47. The molecule has 21 heavy (non-hydrogen) atoms. The largest absolute Gasteiger partial charge is 0.479 e. The van der Waals surface area contributed by atoms with Gasteiger partial charge >= 0.3 is 5.97 Å². The molecule has 0 aromatic heterocycles. The van der Waals surface area contributed by atoms with E-state index in [1.165, 1.54) is 7.05 Å². The van der Waals surface area contributed by atoms with Gasteiger partial charge in [0, 0.05) is 25.9 Å². The molecule has 4 atom stereocenters. The van der Waals surface area contributed by atoms with E-state index in [2.05, 4.69) is 10.6 Å². The van der Waals surface area contributed by atoms with Gasteiger partial charge in [-0.1, -0.05) is 6.92 Å². The van der Waals surface area contributed by atoms with E-state index in [1.807, 2.05) is 0 Å². The Hall–Kier alpha value is -1.71. The number of hydrogen-bond donors (Lipinski definition) is 6. The maximum atomic E-state index is 11.6. The molecule has 9 heteroatoms. The van der Waals surface area contributed by atoms with Gasteiger partial charge in [-0.05, 0) is 6.42 Å². The van der Waals surface area contributed by atoms with Crippen molar-refractivity contribution in [3.8, 4) is 0 Å². The second-order valence-corrected chi connectivity index (χ2v) is 4.57. The predicted molar refractivity (Wildman–Crippen MR) is 71.1 cm³/mol. The topological polar surface area (TPSA) is 156 Å². The summed E-state index contributed by atoms with van der Waals surface area (Å²) in [5, 5.41) is 41.0. The maximum Gasteiger partial charge on any atom is 0.335 e. The highest BCUT2D eigenvalue weighted by atomic mass is 16.4. The van der Waals surface area contributed by atoms with E-state index < -0.39 is 42.7 Å². The van der Waals surface area contributed by atoms with Crippen molar-refractivity contribution < 1.29 is 34.8 Å². The Kier molecular flexibility index (Phi) is 8.51. The zero-order chi connectivity index (χ0) is 16.6. The van der Waals surface area contributed by atoms with Crippen molar-refractivity contribution in [1.29, 1.82) is 0 Å². The van der Waals surface area contributed by atoms with Crippen LogP contribution in [0.1, 0.15) is 19.8 Å². The van der Waals surface area contributed by atoms with Gasteiger partial charge in [-0.15, -0.1) is 0 Å². The molecule has 0 radical (unpaired) electrons. The molecule has 0 aromatic carbocycles. The van der Waals surface area contributed by atoms with E-state index in [9.17, 15) is 24.6 Å². The highest BCUT2D eigenvalue weighted by Gasteiger charge is 2.30. The number of aliphatic hydroxyl groups excluding tert-OH is 3. The fraction of sp³-hybridized carbons (Fsp3) is 0.750. The first-order chi connectivity index (χ1) is 9.74. The molecule has 2 amide bonds. The van der Waals surface area contributed by atoms with Crippen molar-refractivity contribution in [1.82, 2.24) is 10.6 Å². The van der Waals surface area contributed by atoms with Gasteiger partial charge in [0.25, 0.3) is 0 Å². The molecule has 0 fully saturated rings. The Labute approximate surface area is 122 Å². The minimum atomic E-state index is -2.15. The van der Waals surface area contributed by atoms with Crippen LogP contribution in [0.2, 0.25) is 0 Å². The molecule has 122 valence electrons. The molecular weight excluding hydrogens is 284 g/mol. The standard InChI is InChI=1S/C12H22N2O7/c1-3-6(11(19)13-2)4-8(16)14-5-7(15)9(17)10(18)12(20)21/h6-7,9-10,15,17-18H,3-5H2,1-2H3,(H,13,19)(H,14,16)(H,20,21). The number of carbonyl (C=O) groups is 3. The smallest absolute Gasteiger partial charge is 0.335 e. The van der Waals surface area contributed by atoms with Crippen LogP contribution in [0.15, 0.2) is 0 Å². The van der Waals surface area contributed by atoms with Gasteiger partial charge in [-0.25, -0.2) is 4.79 Å². The molecule has 0 saturated heterocycles. The summed E-state index contributed by atoms with van der Waals surface area (Å²) in [5.74, 6) is -3.00. The molecule has 0 saturated carbocycles. The molecule has 0 rings (SSSR count). The van der Waals surface area contributed by atoms with Crippen molar-refractivity contribution in [2.45, 2.75) is 38.1 Å². The number of hydrogen-bond acceptors (Lipinski definition) is 6. The molecule has 0 aliphatic heterocycles. The number of amides is 2. The Morgan fingerprint density at radius 1 is 1.14 bits per heavy atom. The van der Waals surface area contributed by atoms with Crippen molar-refractivity contribution >= 4 is 17.8 Å². The van der Waals surface area contributed by atoms with Gasteiger partial charge in [0.05, 0.1) is 0 Å². The fourth-order valence-electron chi connectivity index (χ4n) is 1.62. The van der Waals surface area contributed by atoms with Gasteiger partial charge in [0.15, 0.2) is 6.10 Å². The number of nitrogens with one attached hydrogen (secondary N) is 2. The lowest BCUT2D eigenvalue weighted by Gasteiger charge is -2.21. The molecular formula is C12H22N2O7. The zero-order valence-electron chi connectivity index (χ0n) is 11.9. The summed E-state index contributed by atoms with van der Waals surface area (Å²) in [6.07, 6.45) is -5.36. The van der Waals surface area contributed by atoms with Crippen LogP contribution in [-0.4, -0.2) is 70.1 Å². The lowest BCUT2D eigenvalue weighted by Crippen LogP contribution is -2.47. The van der Waals surface area contributed by atoms with Crippen LogP contribution in [-0.2, 0) is 14.4 Å². The number of carbonyl (C=O) groups excluding carboxylic acids is 2. The summed E-state index contributed by atoms with van der Waals surface area (Å²) in [6, 6.07) is 0. The second kappa shape index (κ2) is 9.27. The zero-order valence-corrected chi connectivity index (χ0v) is 11.9. The first-order valence-electron chi connectivity index (χ1n) is 6.49. The average molecular weight is 306 g/mol. The third kappa shape index (κ3) is 6.52. The van der Waals surface area contributed by atoms with Gasteiger partial charge in [0.1, 0.15) is 12.2 Å². The molecule has 0 aromatic rings. The molecule has 0 spiro atoms. The molecule has 6 N–H and O–H groups in total. The quantitative estimate of drug-likeness (QED) is 0.273. The van der Waals surface area contributed by atoms with Crippen molar-refractivity contribution in [2.24, 2.45) is 5.92 Å². The monoisotopic (exact) mass is 306 g/mol. The van der Waals surface area contributed by atoms with E-state index >= 15 is 0 Å². The van der Waals surface area contributed by atoms with E-state index in [4.69, 9.17) is 10.2 Å². The number of carboxylic acid groups (broad SMARTS) is 1. The summed E-state index contributed by atoms with van der Waals surface area (Å²) < 4.78 is 0. The SMILES string of the molecule is CCC(CC(=O)NCC(O)C(O)C(O)C(=O)O)C(=O)NC. The van der Waals surface area contributed by atoms with E-state index in [0.29, 0.717) is 6.42 Å². The fourth-order valence-corrected chi connectivity index (χ4v) is 1.62. The van der Waals surface area contributed by atoms with Crippen molar-refractivity contribution in [3.05, 3.63) is 0 Å². The van der Waals surface area contributed by atoms with Crippen molar-refractivity contribution in [3.63, 3.8) is 0 Å². The lowest BCUT2D eigenvalue weighted by atomic mass is 10.0. The molecule has 4 unspecified atom stereocenters. The van der Waals surface area contributed by atoms with Crippen molar-refractivity contribution in [2.75, 3.05) is 13.6 Å². The highest BCUT2D eigenvalue weighted by Crippen LogP contribution is 2.08. The molecule has 9 nitrogen and oxygen atoms in total. The van der Waals surface area contributed by atoms with Crippen LogP contribution in [0.3, 0.4) is 0 Å². The van der Waals surface area contributed by atoms with Crippen LogP contribution in [0, 0.1) is 5.92 Å². The summed E-state index contributed by atoms with van der Waals surface area (Å²) in [7, 11) is 1.45. The number of carboxylic acids is 1. The van der Waals surface area contributed by atoms with E-state index in [1.54, 1.807) is 6.92 Å². The van der Waals surface area contributed by atoms with Gasteiger partial charge in [0.2, 0.25) is 11.8 Å². The third-order valence-corrected chi connectivity index (χ3v) is 3.02. The maximum absolute atomic E-state index is 11.6. The van der Waals surface area contributed by atoms with Crippen LogP contribution in [0.4, 0.5) is 0 Å². The normalized spacial score (nSPS) is 16.4. The number of rotatable bonds is 9. The summed E-state index contributed by atoms with van der Waals surface area (Å²) in [5.41, 5.74) is 0. The summed E-state index contributed by atoms with van der Waals surface area (Å²) in [4.78, 5) is 33.4. The Morgan fingerprint density at radius 3 is 2.14 bits per heavy atom. The predicted octanol–water partition coefficient (Wildman–Crippen LogP) is -2.57. The summed E-state index contributed by atoms with van der Waals surface area (Å²) in [6.45, 7) is 1.31. The highest BCUT2D eigenvalue weighted by molar-refractivity contribution is 5.85. The first-order valence-corrected chi connectivity index (χ1v) is 6.49. The van der Waals surface area contributed by atoms with Gasteiger partial charge in [-0.2, -0.15) is 0 Å². The first kappa shape index (κ1) is 19.3. The van der Waals surface area contributed by atoms with Gasteiger partial charge < -0.3 is 31.1 Å². The number of aliphatic hydroxyl groups is 3. The van der Waals surface area contributed by atoms with E-state index in [-0.39, 0.29) is 12.3 Å². The van der Waals surface area contributed by atoms with E-state index in [0.717, 1.165) is 0 Å². The molecule has 0 aliphatic carbocycles. The summed E-state index contributed by atoms with van der Waals surface area (Å²) >= 11 is 0. The lowest BCUT2D eigenvalue weighted by molar-refractivity contribution is -0.157. The van der Waals surface area contributed by atoms with Crippen LogP contribution in [0.5, 0.6) is 0 Å². The van der Waals surface area contributed by atoms with Gasteiger partial charge in [-0.3, -0.25) is 9.59 Å². The third-order valence-electron chi connectivity index (χ3n) is 3.02. The Balaban J connectivity index is 4.29. The minimum absolute atomic E-state index is 0.0968. The van der Waals surface area contributed by atoms with Crippen LogP contribution >= 0.6 is 0 Å². The second-order valence-electron chi connectivity index (χ2n) is 4.57. The molecule has 0 bridgehead atoms. The Morgan fingerprint density at radius 2 is 1.71 bits per heavy atom. The number of aliphatic carboxylic acids is 1. The Bertz CT molecular complexity index is 375. The van der Waals surface area contributed by atoms with Crippen LogP contribution in [0.25, 0.3) is 0 Å². The minimum Gasteiger partial charge on any atom is -0.479 e. The molecule has 0 heterocycles. The molecule has 0 aliphatic rings.